The minimum absolute atomic E-state index is 0.274. The second-order valence-electron chi connectivity index (χ2n) is 5.19. The summed E-state index contributed by atoms with van der Waals surface area (Å²) in [6.45, 7) is 2.70. The molecular formula is C16H15Br2N3O. The van der Waals surface area contributed by atoms with Crippen molar-refractivity contribution in [3.05, 3.63) is 56.5 Å². The van der Waals surface area contributed by atoms with Crippen LogP contribution in [0, 0.1) is 6.92 Å². The molecule has 1 heterocycles. The Morgan fingerprint density at radius 1 is 1.18 bits per heavy atom. The molecular weight excluding hydrogens is 410 g/mol. The Bertz CT molecular complexity index is 706. The van der Waals surface area contributed by atoms with Crippen LogP contribution in [0.25, 0.3) is 0 Å². The molecule has 0 saturated carbocycles. The second kappa shape index (κ2) is 6.30. The van der Waals surface area contributed by atoms with E-state index in [2.05, 4.69) is 66.3 Å². The molecule has 0 aliphatic carbocycles. The molecule has 1 aliphatic rings. The van der Waals surface area contributed by atoms with Gasteiger partial charge in [-0.1, -0.05) is 12.1 Å². The van der Waals surface area contributed by atoms with Gasteiger partial charge in [0.05, 0.1) is 5.69 Å². The van der Waals surface area contributed by atoms with Crippen molar-refractivity contribution in [2.45, 2.75) is 13.3 Å². The van der Waals surface area contributed by atoms with Crippen molar-refractivity contribution in [3.63, 3.8) is 0 Å². The maximum absolute atomic E-state index is 9.38. The van der Waals surface area contributed by atoms with Crippen molar-refractivity contribution >= 4 is 43.4 Å². The molecule has 0 saturated heterocycles. The van der Waals surface area contributed by atoms with E-state index in [9.17, 15) is 5.11 Å². The normalized spacial score (nSPS) is 14.0. The lowest BCUT2D eigenvalue weighted by Gasteiger charge is -2.22. The summed E-state index contributed by atoms with van der Waals surface area (Å²) in [5, 5.41) is 13.8. The molecule has 0 radical (unpaired) electrons. The lowest BCUT2D eigenvalue weighted by molar-refractivity contribution is 0.475. The summed E-state index contributed by atoms with van der Waals surface area (Å²) in [7, 11) is 0. The van der Waals surface area contributed by atoms with Crippen molar-refractivity contribution in [1.82, 2.24) is 5.43 Å². The van der Waals surface area contributed by atoms with Crippen LogP contribution in [0.2, 0.25) is 0 Å². The summed E-state index contributed by atoms with van der Waals surface area (Å²) >= 11 is 7.29. The number of phenols is 1. The van der Waals surface area contributed by atoms with Gasteiger partial charge in [0.1, 0.15) is 18.3 Å². The standard InChI is InChI=1S/C16H15Br2N3O/c1-10-6-13(17)16(14(18)7-10)21-9-19-20-15(21)8-11-2-4-12(22)5-3-11/h2-7,19,22H,8-9H2,1H3. The third-order valence-electron chi connectivity index (χ3n) is 3.48. The molecule has 0 fully saturated rings. The fourth-order valence-corrected chi connectivity index (χ4v) is 4.28. The van der Waals surface area contributed by atoms with Crippen LogP contribution in [-0.4, -0.2) is 17.6 Å². The van der Waals surface area contributed by atoms with Crippen molar-refractivity contribution in [1.29, 1.82) is 0 Å². The van der Waals surface area contributed by atoms with Gasteiger partial charge in [-0.25, -0.2) is 0 Å². The first kappa shape index (κ1) is 15.4. The number of anilines is 1. The van der Waals surface area contributed by atoms with E-state index < -0.39 is 0 Å². The largest absolute Gasteiger partial charge is 0.508 e. The minimum atomic E-state index is 0.274. The Morgan fingerprint density at radius 3 is 2.45 bits per heavy atom. The number of amidine groups is 1. The van der Waals surface area contributed by atoms with E-state index in [1.807, 2.05) is 12.1 Å². The van der Waals surface area contributed by atoms with Crippen LogP contribution in [-0.2, 0) is 6.42 Å². The molecule has 6 heteroatoms. The van der Waals surface area contributed by atoms with Gasteiger partial charge in [0.15, 0.2) is 0 Å². The highest BCUT2D eigenvalue weighted by Gasteiger charge is 2.23. The van der Waals surface area contributed by atoms with E-state index in [0.29, 0.717) is 13.1 Å². The number of nitrogens with one attached hydrogen (secondary N) is 1. The highest BCUT2D eigenvalue weighted by atomic mass is 79.9. The average Bonchev–Trinajstić information content (AvgIpc) is 2.88. The van der Waals surface area contributed by atoms with Crippen molar-refractivity contribution < 1.29 is 5.11 Å². The lowest BCUT2D eigenvalue weighted by Crippen LogP contribution is -2.31. The smallest absolute Gasteiger partial charge is 0.135 e. The van der Waals surface area contributed by atoms with Gasteiger partial charge < -0.3 is 10.0 Å². The van der Waals surface area contributed by atoms with Crippen LogP contribution >= 0.6 is 31.9 Å². The summed E-state index contributed by atoms with van der Waals surface area (Å²) in [5.74, 6) is 1.21. The lowest BCUT2D eigenvalue weighted by atomic mass is 10.1. The topological polar surface area (TPSA) is 47.9 Å². The first-order chi connectivity index (χ1) is 10.5. The number of hydrogen-bond donors (Lipinski definition) is 2. The van der Waals surface area contributed by atoms with Gasteiger partial charge in [-0.3, -0.25) is 5.43 Å². The highest BCUT2D eigenvalue weighted by Crippen LogP contribution is 2.36. The zero-order valence-corrected chi connectivity index (χ0v) is 15.1. The molecule has 4 nitrogen and oxygen atoms in total. The van der Waals surface area contributed by atoms with Crippen molar-refractivity contribution in [3.8, 4) is 5.75 Å². The quantitative estimate of drug-likeness (QED) is 0.777. The molecule has 0 aromatic heterocycles. The molecule has 1 aliphatic heterocycles. The van der Waals surface area contributed by atoms with Crippen LogP contribution in [0.1, 0.15) is 11.1 Å². The predicted octanol–water partition coefficient (Wildman–Crippen LogP) is 4.15. The van der Waals surface area contributed by atoms with Crippen LogP contribution in [0.15, 0.2) is 50.4 Å². The van der Waals surface area contributed by atoms with E-state index in [-0.39, 0.29) is 5.75 Å². The summed E-state index contributed by atoms with van der Waals surface area (Å²) in [6, 6.07) is 11.4. The number of hydrazone groups is 1. The number of nitrogens with zero attached hydrogens (tertiary/aromatic N) is 2. The molecule has 2 N–H and O–H groups in total. The van der Waals surface area contributed by atoms with Crippen molar-refractivity contribution in [2.75, 3.05) is 11.6 Å². The molecule has 0 unspecified atom stereocenters. The van der Waals surface area contributed by atoms with E-state index in [1.54, 1.807) is 12.1 Å². The molecule has 0 atom stereocenters. The third-order valence-corrected chi connectivity index (χ3v) is 4.69. The number of aryl methyl sites for hydroxylation is 1. The predicted molar refractivity (Wildman–Crippen MR) is 96.3 cm³/mol. The zero-order valence-electron chi connectivity index (χ0n) is 12.0. The van der Waals surface area contributed by atoms with E-state index in [4.69, 9.17) is 0 Å². The number of phenolic OH excluding ortho intramolecular Hbond substituents is 1. The van der Waals surface area contributed by atoms with Gasteiger partial charge in [-0.05, 0) is 74.2 Å². The highest BCUT2D eigenvalue weighted by molar-refractivity contribution is 9.11. The number of benzene rings is 2. The van der Waals surface area contributed by atoms with Crippen LogP contribution in [0.4, 0.5) is 5.69 Å². The molecule has 0 spiro atoms. The maximum Gasteiger partial charge on any atom is 0.135 e. The second-order valence-corrected chi connectivity index (χ2v) is 6.90. The number of hydrogen-bond acceptors (Lipinski definition) is 4. The monoisotopic (exact) mass is 423 g/mol. The van der Waals surface area contributed by atoms with Gasteiger partial charge >= 0.3 is 0 Å². The number of rotatable bonds is 3. The van der Waals surface area contributed by atoms with Crippen molar-refractivity contribution in [2.24, 2.45) is 5.10 Å². The van der Waals surface area contributed by atoms with Gasteiger partial charge in [-0.15, -0.1) is 0 Å². The van der Waals surface area contributed by atoms with Gasteiger partial charge in [0.2, 0.25) is 0 Å². The third kappa shape index (κ3) is 3.13. The first-order valence-electron chi connectivity index (χ1n) is 6.85. The summed E-state index contributed by atoms with van der Waals surface area (Å²) < 4.78 is 2.06. The molecule has 22 heavy (non-hydrogen) atoms. The van der Waals surface area contributed by atoms with E-state index in [0.717, 1.165) is 26.0 Å². The maximum atomic E-state index is 9.38. The molecule has 0 amide bonds. The molecule has 3 rings (SSSR count). The van der Waals surface area contributed by atoms with Gasteiger partial charge in [0, 0.05) is 15.4 Å². The van der Waals surface area contributed by atoms with Gasteiger partial charge in [0.25, 0.3) is 0 Å². The summed E-state index contributed by atoms with van der Waals surface area (Å²) in [5.41, 5.74) is 6.40. The van der Waals surface area contributed by atoms with Crippen LogP contribution < -0.4 is 10.3 Å². The molecule has 0 bridgehead atoms. The first-order valence-corrected chi connectivity index (χ1v) is 8.43. The molecule has 114 valence electrons. The Kier molecular flexibility index (Phi) is 4.40. The summed E-state index contributed by atoms with van der Waals surface area (Å²) in [4.78, 5) is 2.14. The Balaban J connectivity index is 1.89. The summed E-state index contributed by atoms with van der Waals surface area (Å²) in [6.07, 6.45) is 0.694. The van der Waals surface area contributed by atoms with Crippen LogP contribution in [0.3, 0.4) is 0 Å². The van der Waals surface area contributed by atoms with E-state index >= 15 is 0 Å². The molecule has 2 aromatic rings. The number of aromatic hydroxyl groups is 1. The fourth-order valence-electron chi connectivity index (χ4n) is 2.44. The van der Waals surface area contributed by atoms with Gasteiger partial charge in [-0.2, -0.15) is 5.10 Å². The Morgan fingerprint density at radius 2 is 1.82 bits per heavy atom. The Hall–Kier alpha value is -1.53. The van der Waals surface area contributed by atoms with E-state index in [1.165, 1.54) is 5.56 Å². The Labute approximate surface area is 146 Å². The zero-order chi connectivity index (χ0) is 15.7. The SMILES string of the molecule is Cc1cc(Br)c(N2CNN=C2Cc2ccc(O)cc2)c(Br)c1. The fraction of sp³-hybridized carbons (Fsp3) is 0.188. The minimum Gasteiger partial charge on any atom is -0.508 e. The molecule has 2 aromatic carbocycles. The number of halogens is 2. The van der Waals surface area contributed by atoms with Crippen LogP contribution in [0.5, 0.6) is 5.75 Å². The average molecular weight is 425 g/mol.